The lowest BCUT2D eigenvalue weighted by Crippen LogP contribution is -1.87. The van der Waals surface area contributed by atoms with Gasteiger partial charge in [0.25, 0.3) is 0 Å². The molecule has 2 rings (SSSR count). The van der Waals surface area contributed by atoms with E-state index in [1.54, 1.807) is 12.1 Å². The average molecular weight is 175 g/mol. The summed E-state index contributed by atoms with van der Waals surface area (Å²) in [7, 11) is 1.85. The number of benzene rings is 2. The third-order valence-electron chi connectivity index (χ3n) is 2.12. The van der Waals surface area contributed by atoms with Gasteiger partial charge in [-0.2, -0.15) is 0 Å². The highest BCUT2D eigenvalue weighted by molar-refractivity contribution is 5.86. The van der Waals surface area contributed by atoms with Gasteiger partial charge in [-0.05, 0) is 29.7 Å². The number of halogens is 1. The van der Waals surface area contributed by atoms with E-state index in [4.69, 9.17) is 0 Å². The highest BCUT2D eigenvalue weighted by Gasteiger charge is 1.99. The fourth-order valence-electron chi connectivity index (χ4n) is 1.40. The molecule has 2 heteroatoms. The van der Waals surface area contributed by atoms with Crippen LogP contribution in [0.5, 0.6) is 0 Å². The van der Waals surface area contributed by atoms with Gasteiger partial charge >= 0.3 is 0 Å². The van der Waals surface area contributed by atoms with Crippen molar-refractivity contribution in [2.75, 3.05) is 12.4 Å². The molecule has 2 aromatic rings. The smallest absolute Gasteiger partial charge is 0.131 e. The molecule has 0 atom stereocenters. The van der Waals surface area contributed by atoms with Crippen molar-refractivity contribution in [3.05, 3.63) is 42.2 Å². The van der Waals surface area contributed by atoms with Crippen molar-refractivity contribution < 1.29 is 4.39 Å². The van der Waals surface area contributed by atoms with E-state index in [0.717, 1.165) is 11.1 Å². The highest BCUT2D eigenvalue weighted by atomic mass is 19.1. The fraction of sp³-hybridized carbons (Fsp3) is 0.0909. The quantitative estimate of drug-likeness (QED) is 0.702. The van der Waals surface area contributed by atoms with E-state index in [1.807, 2.05) is 25.2 Å². The summed E-state index contributed by atoms with van der Waals surface area (Å²) in [5.41, 5.74) is 0.998. The zero-order chi connectivity index (χ0) is 9.26. The van der Waals surface area contributed by atoms with E-state index in [9.17, 15) is 4.39 Å². The summed E-state index contributed by atoms with van der Waals surface area (Å²) in [6.45, 7) is 0. The number of fused-ring (bicyclic) bond motifs is 1. The van der Waals surface area contributed by atoms with Crippen molar-refractivity contribution in [1.29, 1.82) is 0 Å². The molecule has 0 aromatic heterocycles. The second-order valence-electron chi connectivity index (χ2n) is 2.93. The Labute approximate surface area is 76.2 Å². The normalized spacial score (nSPS) is 10.3. The largest absolute Gasteiger partial charge is 0.388 e. The maximum absolute atomic E-state index is 13.2. The minimum absolute atomic E-state index is 0.167. The molecule has 0 bridgehead atoms. The van der Waals surface area contributed by atoms with Crippen LogP contribution >= 0.6 is 0 Å². The van der Waals surface area contributed by atoms with Crippen LogP contribution in [0.4, 0.5) is 10.1 Å². The number of hydrogen-bond donors (Lipinski definition) is 1. The first-order valence-corrected chi connectivity index (χ1v) is 4.17. The van der Waals surface area contributed by atoms with Crippen LogP contribution in [0.3, 0.4) is 0 Å². The first kappa shape index (κ1) is 8.05. The predicted molar refractivity (Wildman–Crippen MR) is 53.5 cm³/mol. The van der Waals surface area contributed by atoms with Gasteiger partial charge in [-0.3, -0.25) is 0 Å². The molecule has 0 amide bonds. The number of hydrogen-bond acceptors (Lipinski definition) is 1. The lowest BCUT2D eigenvalue weighted by Gasteiger charge is -2.02. The monoisotopic (exact) mass is 175 g/mol. The van der Waals surface area contributed by atoms with Gasteiger partial charge in [-0.1, -0.05) is 12.1 Å². The SMILES string of the molecule is CNc1ccc2c(F)cccc2c1. The van der Waals surface area contributed by atoms with E-state index in [-0.39, 0.29) is 5.82 Å². The molecule has 2 aromatic carbocycles. The van der Waals surface area contributed by atoms with Gasteiger partial charge in [0, 0.05) is 18.1 Å². The van der Waals surface area contributed by atoms with Gasteiger partial charge < -0.3 is 5.32 Å². The van der Waals surface area contributed by atoms with Crippen LogP contribution in [0, 0.1) is 5.82 Å². The summed E-state index contributed by atoms with van der Waals surface area (Å²) in [6, 6.07) is 10.7. The first-order valence-electron chi connectivity index (χ1n) is 4.17. The lowest BCUT2D eigenvalue weighted by atomic mass is 10.1. The Hall–Kier alpha value is -1.57. The molecule has 1 N–H and O–H groups in total. The minimum Gasteiger partial charge on any atom is -0.388 e. The fourth-order valence-corrected chi connectivity index (χ4v) is 1.40. The van der Waals surface area contributed by atoms with Crippen molar-refractivity contribution >= 4 is 16.5 Å². The van der Waals surface area contributed by atoms with Crippen molar-refractivity contribution in [2.24, 2.45) is 0 Å². The molecule has 0 aliphatic carbocycles. The third kappa shape index (κ3) is 1.35. The number of anilines is 1. The van der Waals surface area contributed by atoms with Gasteiger partial charge in [-0.25, -0.2) is 4.39 Å². The Balaban J connectivity index is 2.72. The van der Waals surface area contributed by atoms with Gasteiger partial charge in [0.15, 0.2) is 0 Å². The van der Waals surface area contributed by atoms with Crippen molar-refractivity contribution in [1.82, 2.24) is 0 Å². The van der Waals surface area contributed by atoms with E-state index < -0.39 is 0 Å². The summed E-state index contributed by atoms with van der Waals surface area (Å²) >= 11 is 0. The van der Waals surface area contributed by atoms with E-state index in [0.29, 0.717) is 5.39 Å². The molecule has 0 radical (unpaired) electrons. The standard InChI is InChI=1S/C11H10FN/c1-13-9-5-6-10-8(7-9)3-2-4-11(10)12/h2-7,13H,1H3. The van der Waals surface area contributed by atoms with E-state index >= 15 is 0 Å². The van der Waals surface area contributed by atoms with E-state index in [1.165, 1.54) is 6.07 Å². The second-order valence-corrected chi connectivity index (χ2v) is 2.93. The first-order chi connectivity index (χ1) is 6.31. The second kappa shape index (κ2) is 3.05. The van der Waals surface area contributed by atoms with Crippen LogP contribution in [0.2, 0.25) is 0 Å². The average Bonchev–Trinajstić information content (AvgIpc) is 2.18. The Bertz CT molecular complexity index is 437. The molecule has 0 aliphatic heterocycles. The van der Waals surface area contributed by atoms with Crippen LogP contribution in [0.25, 0.3) is 10.8 Å². The van der Waals surface area contributed by atoms with Crippen molar-refractivity contribution in [3.8, 4) is 0 Å². The summed E-state index contributed by atoms with van der Waals surface area (Å²) in [6.07, 6.45) is 0. The van der Waals surface area contributed by atoms with Crippen LogP contribution in [-0.2, 0) is 0 Å². The minimum atomic E-state index is -0.167. The molecule has 13 heavy (non-hydrogen) atoms. The Kier molecular flexibility index (Phi) is 1.89. The third-order valence-corrected chi connectivity index (χ3v) is 2.12. The molecule has 0 unspecified atom stereocenters. The van der Waals surface area contributed by atoms with Crippen LogP contribution in [0.15, 0.2) is 36.4 Å². The maximum atomic E-state index is 13.2. The molecule has 66 valence electrons. The molecule has 0 saturated carbocycles. The zero-order valence-corrected chi connectivity index (χ0v) is 7.34. The van der Waals surface area contributed by atoms with Crippen LogP contribution in [-0.4, -0.2) is 7.05 Å². The molecular weight excluding hydrogens is 165 g/mol. The van der Waals surface area contributed by atoms with Gasteiger partial charge in [-0.15, -0.1) is 0 Å². The lowest BCUT2D eigenvalue weighted by molar-refractivity contribution is 0.640. The van der Waals surface area contributed by atoms with Crippen molar-refractivity contribution in [2.45, 2.75) is 0 Å². The molecular formula is C11H10FN. The van der Waals surface area contributed by atoms with Gasteiger partial charge in [0.1, 0.15) is 5.82 Å². The molecule has 0 fully saturated rings. The van der Waals surface area contributed by atoms with Crippen molar-refractivity contribution in [3.63, 3.8) is 0 Å². The van der Waals surface area contributed by atoms with Gasteiger partial charge in [0.2, 0.25) is 0 Å². The Morgan fingerprint density at radius 2 is 2.00 bits per heavy atom. The molecule has 0 aliphatic rings. The molecule has 0 spiro atoms. The predicted octanol–water partition coefficient (Wildman–Crippen LogP) is 3.02. The summed E-state index contributed by atoms with van der Waals surface area (Å²) < 4.78 is 13.2. The van der Waals surface area contributed by atoms with Crippen LogP contribution < -0.4 is 5.32 Å². The number of nitrogens with one attached hydrogen (secondary N) is 1. The zero-order valence-electron chi connectivity index (χ0n) is 7.34. The molecule has 0 saturated heterocycles. The Morgan fingerprint density at radius 3 is 2.77 bits per heavy atom. The topological polar surface area (TPSA) is 12.0 Å². The van der Waals surface area contributed by atoms with Crippen LogP contribution in [0.1, 0.15) is 0 Å². The molecule has 1 nitrogen and oxygen atoms in total. The summed E-state index contributed by atoms with van der Waals surface area (Å²) in [4.78, 5) is 0. The number of rotatable bonds is 1. The Morgan fingerprint density at radius 1 is 1.15 bits per heavy atom. The maximum Gasteiger partial charge on any atom is 0.131 e. The highest BCUT2D eigenvalue weighted by Crippen LogP contribution is 2.20. The summed E-state index contributed by atoms with van der Waals surface area (Å²) in [5, 5.41) is 4.61. The molecule has 0 heterocycles. The van der Waals surface area contributed by atoms with E-state index in [2.05, 4.69) is 5.32 Å². The van der Waals surface area contributed by atoms with Gasteiger partial charge in [0.05, 0.1) is 0 Å². The summed E-state index contributed by atoms with van der Waals surface area (Å²) in [5.74, 6) is -0.167.